The van der Waals surface area contributed by atoms with E-state index in [1.54, 1.807) is 14.2 Å². The van der Waals surface area contributed by atoms with Crippen LogP contribution in [0.25, 0.3) is 0 Å². The highest BCUT2D eigenvalue weighted by atomic mass is 16.7. The molecule has 3 atom stereocenters. The van der Waals surface area contributed by atoms with Crippen molar-refractivity contribution < 1.29 is 9.47 Å². The van der Waals surface area contributed by atoms with Crippen LogP contribution in [-0.4, -0.2) is 20.0 Å². The van der Waals surface area contributed by atoms with Crippen LogP contribution in [0.2, 0.25) is 0 Å². The SMILES string of the molecule is COC1(OC)[C@@H]2C=C[C@H]1[C@@H](c1ccccc1)C2. The number of rotatable bonds is 3. The van der Waals surface area contributed by atoms with Gasteiger partial charge in [-0.1, -0.05) is 42.5 Å². The van der Waals surface area contributed by atoms with Gasteiger partial charge in [0.25, 0.3) is 0 Å². The summed E-state index contributed by atoms with van der Waals surface area (Å²) in [5.74, 6) is 0.809. The molecule has 0 unspecified atom stereocenters. The Kier molecular flexibility index (Phi) is 2.57. The third kappa shape index (κ3) is 1.41. The van der Waals surface area contributed by atoms with Crippen molar-refractivity contribution in [2.75, 3.05) is 14.2 Å². The van der Waals surface area contributed by atoms with Gasteiger partial charge >= 0.3 is 0 Å². The Balaban J connectivity index is 1.95. The van der Waals surface area contributed by atoms with Gasteiger partial charge in [-0.2, -0.15) is 0 Å². The van der Waals surface area contributed by atoms with Gasteiger partial charge in [0.15, 0.2) is 5.79 Å². The molecule has 2 aliphatic carbocycles. The Bertz CT molecular complexity index is 420. The fraction of sp³-hybridized carbons (Fsp3) is 0.467. The fourth-order valence-electron chi connectivity index (χ4n) is 3.55. The second-order valence-corrected chi connectivity index (χ2v) is 4.90. The van der Waals surface area contributed by atoms with Gasteiger partial charge < -0.3 is 9.47 Å². The largest absolute Gasteiger partial charge is 0.352 e. The number of hydrogen-bond acceptors (Lipinski definition) is 2. The van der Waals surface area contributed by atoms with Crippen molar-refractivity contribution in [2.24, 2.45) is 11.8 Å². The first kappa shape index (κ1) is 11.0. The molecule has 0 amide bonds. The molecule has 2 bridgehead atoms. The molecule has 1 fully saturated rings. The smallest absolute Gasteiger partial charge is 0.180 e. The topological polar surface area (TPSA) is 18.5 Å². The summed E-state index contributed by atoms with van der Waals surface area (Å²) >= 11 is 0. The van der Waals surface area contributed by atoms with Crippen molar-refractivity contribution >= 4 is 0 Å². The zero-order chi connectivity index (χ0) is 11.9. The third-order valence-electron chi connectivity index (χ3n) is 4.34. The molecule has 90 valence electrons. The predicted molar refractivity (Wildman–Crippen MR) is 66.7 cm³/mol. The number of hydrogen-bond donors (Lipinski definition) is 0. The maximum absolute atomic E-state index is 5.70. The van der Waals surface area contributed by atoms with Gasteiger partial charge in [0.05, 0.1) is 0 Å². The number of benzene rings is 1. The molecule has 0 aromatic heterocycles. The Labute approximate surface area is 102 Å². The summed E-state index contributed by atoms with van der Waals surface area (Å²) < 4.78 is 11.4. The van der Waals surface area contributed by atoms with Crippen molar-refractivity contribution in [1.82, 2.24) is 0 Å². The molecule has 1 aromatic carbocycles. The highest BCUT2D eigenvalue weighted by Gasteiger charge is 2.57. The molecule has 0 aliphatic heterocycles. The lowest BCUT2D eigenvalue weighted by molar-refractivity contribution is -0.230. The van der Waals surface area contributed by atoms with E-state index in [2.05, 4.69) is 42.5 Å². The Morgan fingerprint density at radius 2 is 1.76 bits per heavy atom. The minimum atomic E-state index is -0.430. The molecule has 2 nitrogen and oxygen atoms in total. The maximum atomic E-state index is 5.70. The zero-order valence-corrected chi connectivity index (χ0v) is 10.3. The fourth-order valence-corrected chi connectivity index (χ4v) is 3.55. The molecule has 0 N–H and O–H groups in total. The van der Waals surface area contributed by atoms with E-state index in [0.29, 0.717) is 17.8 Å². The highest BCUT2D eigenvalue weighted by Crippen LogP contribution is 2.56. The van der Waals surface area contributed by atoms with E-state index in [9.17, 15) is 0 Å². The van der Waals surface area contributed by atoms with E-state index in [-0.39, 0.29) is 0 Å². The molecule has 2 aliphatic rings. The van der Waals surface area contributed by atoms with Gasteiger partial charge in [-0.05, 0) is 17.9 Å². The molecule has 3 rings (SSSR count). The maximum Gasteiger partial charge on any atom is 0.180 e. The summed E-state index contributed by atoms with van der Waals surface area (Å²) in [6, 6.07) is 10.7. The van der Waals surface area contributed by atoms with Gasteiger partial charge in [-0.15, -0.1) is 0 Å². The number of ether oxygens (including phenoxy) is 2. The van der Waals surface area contributed by atoms with Gasteiger partial charge in [0.1, 0.15) is 0 Å². The van der Waals surface area contributed by atoms with E-state index in [0.717, 1.165) is 6.42 Å². The Morgan fingerprint density at radius 3 is 2.35 bits per heavy atom. The van der Waals surface area contributed by atoms with Gasteiger partial charge in [0, 0.05) is 26.1 Å². The first-order valence-corrected chi connectivity index (χ1v) is 6.15. The van der Waals surface area contributed by atoms with Crippen molar-refractivity contribution in [3.05, 3.63) is 48.0 Å². The Morgan fingerprint density at radius 1 is 1.06 bits per heavy atom. The number of fused-ring (bicyclic) bond motifs is 2. The van der Waals surface area contributed by atoms with Crippen LogP contribution in [0.3, 0.4) is 0 Å². The molecule has 0 spiro atoms. The molecule has 1 saturated carbocycles. The average molecular weight is 230 g/mol. The van der Waals surface area contributed by atoms with Gasteiger partial charge in [0.2, 0.25) is 0 Å². The predicted octanol–water partition coefficient (Wildman–Crippen LogP) is 2.97. The van der Waals surface area contributed by atoms with Crippen molar-refractivity contribution in [3.8, 4) is 0 Å². The standard InChI is InChI=1S/C15H18O2/c1-16-15(17-2)12-8-9-14(15)13(10-12)11-6-4-3-5-7-11/h3-9,12-14H,10H2,1-2H3/t12-,13-,14+/m1/s1. The lowest BCUT2D eigenvalue weighted by Crippen LogP contribution is -2.40. The average Bonchev–Trinajstić information content (AvgIpc) is 2.92. The van der Waals surface area contributed by atoms with Crippen molar-refractivity contribution in [3.63, 3.8) is 0 Å². The minimum Gasteiger partial charge on any atom is -0.352 e. The van der Waals surface area contributed by atoms with E-state index < -0.39 is 5.79 Å². The normalized spacial score (nSPS) is 33.2. The van der Waals surface area contributed by atoms with Crippen LogP contribution in [0.5, 0.6) is 0 Å². The summed E-state index contributed by atoms with van der Waals surface area (Å²) in [7, 11) is 3.51. The van der Waals surface area contributed by atoms with Crippen LogP contribution >= 0.6 is 0 Å². The molecule has 0 saturated heterocycles. The quantitative estimate of drug-likeness (QED) is 0.587. The summed E-state index contributed by atoms with van der Waals surface area (Å²) in [5, 5.41) is 0. The third-order valence-corrected chi connectivity index (χ3v) is 4.34. The van der Waals surface area contributed by atoms with E-state index in [1.807, 2.05) is 0 Å². The molecule has 0 heterocycles. The molecular formula is C15H18O2. The van der Waals surface area contributed by atoms with Crippen molar-refractivity contribution in [1.29, 1.82) is 0 Å². The van der Waals surface area contributed by atoms with Crippen LogP contribution in [0.15, 0.2) is 42.5 Å². The lowest BCUT2D eigenvalue weighted by Gasteiger charge is -2.32. The van der Waals surface area contributed by atoms with Crippen molar-refractivity contribution in [2.45, 2.75) is 18.1 Å². The van der Waals surface area contributed by atoms with Crippen LogP contribution in [0.1, 0.15) is 17.9 Å². The molecule has 1 aromatic rings. The van der Waals surface area contributed by atoms with E-state index in [1.165, 1.54) is 5.56 Å². The molecular weight excluding hydrogens is 212 g/mol. The van der Waals surface area contributed by atoms with Crippen LogP contribution in [0, 0.1) is 11.8 Å². The Hall–Kier alpha value is -1.12. The first-order valence-electron chi connectivity index (χ1n) is 6.15. The summed E-state index contributed by atoms with van der Waals surface area (Å²) in [4.78, 5) is 0. The monoisotopic (exact) mass is 230 g/mol. The van der Waals surface area contributed by atoms with E-state index >= 15 is 0 Å². The van der Waals surface area contributed by atoms with Gasteiger partial charge in [-0.25, -0.2) is 0 Å². The minimum absolute atomic E-state index is 0.338. The molecule has 17 heavy (non-hydrogen) atoms. The molecule has 2 heteroatoms. The van der Waals surface area contributed by atoms with Crippen LogP contribution in [0.4, 0.5) is 0 Å². The van der Waals surface area contributed by atoms with Gasteiger partial charge in [-0.3, -0.25) is 0 Å². The summed E-state index contributed by atoms with van der Waals surface area (Å²) in [6.45, 7) is 0. The second kappa shape index (κ2) is 3.97. The molecule has 0 radical (unpaired) electrons. The van der Waals surface area contributed by atoms with E-state index in [4.69, 9.17) is 9.47 Å². The lowest BCUT2D eigenvalue weighted by atomic mass is 9.86. The van der Waals surface area contributed by atoms with Crippen LogP contribution in [-0.2, 0) is 9.47 Å². The zero-order valence-electron chi connectivity index (χ0n) is 10.3. The van der Waals surface area contributed by atoms with Crippen LogP contribution < -0.4 is 0 Å². The summed E-state index contributed by atoms with van der Waals surface area (Å²) in [5.41, 5.74) is 1.39. The highest BCUT2D eigenvalue weighted by molar-refractivity contribution is 5.31. The first-order chi connectivity index (χ1) is 8.31. The second-order valence-electron chi connectivity index (χ2n) is 4.90. The number of methoxy groups -OCH3 is 2. The summed E-state index contributed by atoms with van der Waals surface area (Å²) in [6.07, 6.45) is 5.63.